The van der Waals surface area contributed by atoms with Crippen LogP contribution in [0.2, 0.25) is 0 Å². The zero-order chi connectivity index (χ0) is 18.9. The van der Waals surface area contributed by atoms with Crippen molar-refractivity contribution in [2.45, 2.75) is 19.8 Å². The maximum Gasteiger partial charge on any atom is 0.227 e. The van der Waals surface area contributed by atoms with Crippen molar-refractivity contribution in [3.05, 3.63) is 42.2 Å². The van der Waals surface area contributed by atoms with Crippen molar-refractivity contribution in [3.63, 3.8) is 0 Å². The summed E-state index contributed by atoms with van der Waals surface area (Å²) >= 11 is 0. The molecule has 2 saturated heterocycles. The van der Waals surface area contributed by atoms with Crippen LogP contribution in [0, 0.1) is 6.92 Å². The maximum absolute atomic E-state index is 4.87. The van der Waals surface area contributed by atoms with Gasteiger partial charge in [-0.2, -0.15) is 4.98 Å². The summed E-state index contributed by atoms with van der Waals surface area (Å²) in [5.74, 6) is 2.88. The Hall–Kier alpha value is -2.96. The fourth-order valence-electron chi connectivity index (χ4n) is 4.02. The summed E-state index contributed by atoms with van der Waals surface area (Å²) in [6.45, 7) is 7.86. The summed E-state index contributed by atoms with van der Waals surface area (Å²) in [7, 11) is 0. The average Bonchev–Trinajstić information content (AvgIpc) is 3.28. The molecule has 0 N–H and O–H groups in total. The first-order chi connectivity index (χ1) is 13.8. The topological polar surface area (TPSA) is 61.3 Å². The fourth-order valence-corrected chi connectivity index (χ4v) is 4.02. The van der Waals surface area contributed by atoms with Gasteiger partial charge in [0.1, 0.15) is 11.6 Å². The third-order valence-corrected chi connectivity index (χ3v) is 5.58. The van der Waals surface area contributed by atoms with E-state index in [-0.39, 0.29) is 0 Å². The molecule has 0 bridgehead atoms. The van der Waals surface area contributed by atoms with Crippen LogP contribution in [0.15, 0.2) is 36.5 Å². The van der Waals surface area contributed by atoms with Crippen molar-refractivity contribution in [2.24, 2.45) is 0 Å². The van der Waals surface area contributed by atoms with Crippen molar-refractivity contribution in [3.8, 4) is 0 Å². The molecule has 2 fully saturated rings. The summed E-state index contributed by atoms with van der Waals surface area (Å²) < 4.78 is 0. The quantitative estimate of drug-likeness (QED) is 0.697. The molecular weight excluding hydrogens is 350 g/mol. The Morgan fingerprint density at radius 1 is 0.714 bits per heavy atom. The summed E-state index contributed by atoms with van der Waals surface area (Å²) in [6, 6.07) is 10.1. The minimum absolute atomic E-state index is 0.885. The number of benzene rings is 1. The minimum atomic E-state index is 0.885. The van der Waals surface area contributed by atoms with Gasteiger partial charge in [-0.15, -0.1) is 0 Å². The van der Waals surface area contributed by atoms with Gasteiger partial charge in [0.15, 0.2) is 0 Å². The van der Waals surface area contributed by atoms with Crippen LogP contribution < -0.4 is 14.7 Å². The molecule has 0 saturated carbocycles. The molecule has 4 heterocycles. The predicted molar refractivity (Wildman–Crippen MR) is 112 cm³/mol. The molecule has 0 amide bonds. The van der Waals surface area contributed by atoms with Crippen LogP contribution in [-0.4, -0.2) is 59.2 Å². The Morgan fingerprint density at radius 2 is 1.39 bits per heavy atom. The van der Waals surface area contributed by atoms with E-state index in [1.165, 1.54) is 12.8 Å². The molecule has 5 rings (SSSR count). The van der Waals surface area contributed by atoms with E-state index >= 15 is 0 Å². The van der Waals surface area contributed by atoms with E-state index < -0.39 is 0 Å². The van der Waals surface area contributed by atoms with Crippen molar-refractivity contribution in [1.29, 1.82) is 0 Å². The fraction of sp³-hybridized carbons (Fsp3) is 0.429. The molecule has 0 atom stereocenters. The van der Waals surface area contributed by atoms with Gasteiger partial charge >= 0.3 is 0 Å². The lowest BCUT2D eigenvalue weighted by molar-refractivity contribution is 0.640. The second kappa shape index (κ2) is 7.22. The monoisotopic (exact) mass is 375 g/mol. The SMILES string of the molecule is Cc1cc(N2CCN(c3cnc4ccccc4n3)CC2)nc(N2CCCC2)n1. The molecule has 7 nitrogen and oxygen atoms in total. The molecule has 0 radical (unpaired) electrons. The van der Waals surface area contributed by atoms with Crippen LogP contribution in [-0.2, 0) is 0 Å². The highest BCUT2D eigenvalue weighted by molar-refractivity contribution is 5.75. The summed E-state index contributed by atoms with van der Waals surface area (Å²) in [4.78, 5) is 25.9. The van der Waals surface area contributed by atoms with Gasteiger partial charge in [0.25, 0.3) is 0 Å². The zero-order valence-electron chi connectivity index (χ0n) is 16.3. The first-order valence-electron chi connectivity index (χ1n) is 10.1. The van der Waals surface area contributed by atoms with E-state index in [0.717, 1.165) is 73.6 Å². The number of anilines is 3. The van der Waals surface area contributed by atoms with E-state index in [4.69, 9.17) is 9.97 Å². The number of para-hydroxylation sites is 2. The first-order valence-corrected chi connectivity index (χ1v) is 10.1. The van der Waals surface area contributed by atoms with E-state index in [1.54, 1.807) is 0 Å². The molecule has 0 unspecified atom stereocenters. The average molecular weight is 375 g/mol. The van der Waals surface area contributed by atoms with Gasteiger partial charge in [0, 0.05) is 51.0 Å². The number of hydrogen-bond donors (Lipinski definition) is 0. The second-order valence-electron chi connectivity index (χ2n) is 7.55. The largest absolute Gasteiger partial charge is 0.353 e. The molecule has 7 heteroatoms. The maximum atomic E-state index is 4.87. The number of nitrogens with zero attached hydrogens (tertiary/aromatic N) is 7. The minimum Gasteiger partial charge on any atom is -0.353 e. The Balaban J connectivity index is 1.31. The van der Waals surface area contributed by atoms with Gasteiger partial charge in [0.2, 0.25) is 5.95 Å². The number of piperazine rings is 1. The summed E-state index contributed by atoms with van der Waals surface area (Å²) in [5, 5.41) is 0. The van der Waals surface area contributed by atoms with Crippen molar-refractivity contribution < 1.29 is 0 Å². The molecule has 2 aliphatic rings. The van der Waals surface area contributed by atoms with Gasteiger partial charge < -0.3 is 14.7 Å². The van der Waals surface area contributed by atoms with Gasteiger partial charge in [-0.1, -0.05) is 12.1 Å². The Labute approximate surface area is 165 Å². The highest BCUT2D eigenvalue weighted by atomic mass is 15.3. The smallest absolute Gasteiger partial charge is 0.227 e. The van der Waals surface area contributed by atoms with Crippen LogP contribution in [0.1, 0.15) is 18.5 Å². The van der Waals surface area contributed by atoms with Gasteiger partial charge in [-0.3, -0.25) is 4.98 Å². The number of aryl methyl sites for hydroxylation is 1. The van der Waals surface area contributed by atoms with E-state index in [9.17, 15) is 0 Å². The second-order valence-corrected chi connectivity index (χ2v) is 7.55. The van der Waals surface area contributed by atoms with E-state index in [0.29, 0.717) is 0 Å². The van der Waals surface area contributed by atoms with Crippen molar-refractivity contribution in [1.82, 2.24) is 19.9 Å². The third-order valence-electron chi connectivity index (χ3n) is 5.58. The Morgan fingerprint density at radius 3 is 2.14 bits per heavy atom. The van der Waals surface area contributed by atoms with Crippen molar-refractivity contribution >= 4 is 28.6 Å². The molecule has 2 aliphatic heterocycles. The third kappa shape index (κ3) is 3.32. The van der Waals surface area contributed by atoms with E-state index in [1.807, 2.05) is 30.5 Å². The van der Waals surface area contributed by atoms with Crippen molar-refractivity contribution in [2.75, 3.05) is 54.0 Å². The van der Waals surface area contributed by atoms with Gasteiger partial charge in [-0.05, 0) is 31.9 Å². The molecule has 0 spiro atoms. The van der Waals surface area contributed by atoms with E-state index in [2.05, 4.69) is 37.7 Å². The molecule has 1 aromatic carbocycles. The van der Waals surface area contributed by atoms with Crippen LogP contribution in [0.25, 0.3) is 11.0 Å². The van der Waals surface area contributed by atoms with Crippen LogP contribution >= 0.6 is 0 Å². The van der Waals surface area contributed by atoms with Gasteiger partial charge in [0.05, 0.1) is 17.2 Å². The summed E-state index contributed by atoms with van der Waals surface area (Å²) in [5.41, 5.74) is 2.93. The van der Waals surface area contributed by atoms with Gasteiger partial charge in [-0.25, -0.2) is 9.97 Å². The van der Waals surface area contributed by atoms with Crippen LogP contribution in [0.4, 0.5) is 17.6 Å². The molecule has 2 aromatic heterocycles. The molecule has 28 heavy (non-hydrogen) atoms. The standard InChI is InChI=1S/C21H25N7/c1-16-14-19(25-21(23-16)28-8-4-5-9-28)26-10-12-27(13-11-26)20-15-22-17-6-2-3-7-18(17)24-20/h2-3,6-7,14-15H,4-5,8-13H2,1H3. The molecule has 0 aliphatic carbocycles. The highest BCUT2D eigenvalue weighted by Crippen LogP contribution is 2.23. The lowest BCUT2D eigenvalue weighted by atomic mass is 10.3. The summed E-state index contributed by atoms with van der Waals surface area (Å²) in [6.07, 6.45) is 4.36. The van der Waals surface area contributed by atoms with Crippen LogP contribution in [0.5, 0.6) is 0 Å². The Kier molecular flexibility index (Phi) is 4.43. The normalized spacial score (nSPS) is 17.5. The van der Waals surface area contributed by atoms with Crippen LogP contribution in [0.3, 0.4) is 0 Å². The molecule has 3 aromatic rings. The number of aromatic nitrogens is 4. The molecule has 144 valence electrons. The number of rotatable bonds is 3. The lowest BCUT2D eigenvalue weighted by Gasteiger charge is -2.36. The number of hydrogen-bond acceptors (Lipinski definition) is 7. The lowest BCUT2D eigenvalue weighted by Crippen LogP contribution is -2.47. The first kappa shape index (κ1) is 17.2. The number of fused-ring (bicyclic) bond motifs is 1. The predicted octanol–water partition coefficient (Wildman–Crippen LogP) is 2.66. The highest BCUT2D eigenvalue weighted by Gasteiger charge is 2.22. The zero-order valence-corrected chi connectivity index (χ0v) is 16.3. The Bertz CT molecular complexity index is 975. The molecular formula is C21H25N7.